The van der Waals surface area contributed by atoms with E-state index >= 15 is 0 Å². The molecule has 1 atom stereocenters. The van der Waals surface area contributed by atoms with Crippen LogP contribution in [-0.2, 0) is 14.3 Å². The summed E-state index contributed by atoms with van der Waals surface area (Å²) in [5, 5.41) is -0.477. The van der Waals surface area contributed by atoms with Crippen LogP contribution in [0.25, 0.3) is 6.08 Å². The van der Waals surface area contributed by atoms with E-state index in [4.69, 9.17) is 4.74 Å². The van der Waals surface area contributed by atoms with Gasteiger partial charge in [-0.1, -0.05) is 13.8 Å². The number of nitrogens with zero attached hydrogens (tertiary/aromatic N) is 1. The van der Waals surface area contributed by atoms with E-state index in [9.17, 15) is 14.4 Å². The molecule has 6 nitrogen and oxygen atoms in total. The van der Waals surface area contributed by atoms with Crippen LogP contribution in [0.3, 0.4) is 0 Å². The summed E-state index contributed by atoms with van der Waals surface area (Å²) >= 11 is 0.825. The third-order valence-corrected chi connectivity index (χ3v) is 5.16. The Morgan fingerprint density at radius 3 is 2.38 bits per heavy atom. The number of imide groups is 1. The summed E-state index contributed by atoms with van der Waals surface area (Å²) < 4.78 is 10.1. The van der Waals surface area contributed by atoms with Crippen molar-refractivity contribution in [1.29, 1.82) is 0 Å². The van der Waals surface area contributed by atoms with Crippen LogP contribution in [0.2, 0.25) is 0 Å². The molecule has 0 saturated carbocycles. The van der Waals surface area contributed by atoms with Crippen LogP contribution in [0.15, 0.2) is 17.0 Å². The highest BCUT2D eigenvalue weighted by Crippen LogP contribution is 2.36. The van der Waals surface area contributed by atoms with Gasteiger partial charge in [-0.15, -0.1) is 0 Å². The second-order valence-corrected chi connectivity index (χ2v) is 7.35. The van der Waals surface area contributed by atoms with Crippen molar-refractivity contribution < 1.29 is 23.9 Å². The van der Waals surface area contributed by atoms with Gasteiger partial charge in [-0.05, 0) is 66.4 Å². The number of methoxy groups -OCH3 is 2. The second kappa shape index (κ2) is 7.95. The zero-order chi connectivity index (χ0) is 19.6. The van der Waals surface area contributed by atoms with Gasteiger partial charge in [0, 0.05) is 0 Å². The minimum absolute atomic E-state index is 0.243. The fraction of sp³-hybridized carbons (Fsp3) is 0.421. The van der Waals surface area contributed by atoms with Gasteiger partial charge in [0.1, 0.15) is 11.8 Å². The first-order valence-electron chi connectivity index (χ1n) is 8.24. The lowest BCUT2D eigenvalue weighted by Gasteiger charge is -2.18. The summed E-state index contributed by atoms with van der Waals surface area (Å²) in [5.41, 5.74) is 2.79. The van der Waals surface area contributed by atoms with Crippen molar-refractivity contribution in [2.45, 2.75) is 39.7 Å². The molecule has 2 amide bonds. The van der Waals surface area contributed by atoms with E-state index < -0.39 is 23.2 Å². The normalized spacial score (nSPS) is 17.2. The SMILES string of the molecule is COC(=O)C(C)N1C(=O)S/C(=C/c2cc(C(C)C)c(OC)cc2C)C1=O. The molecule has 1 aliphatic rings. The maximum absolute atomic E-state index is 12.6. The molecule has 0 spiro atoms. The van der Waals surface area contributed by atoms with Crippen LogP contribution in [0, 0.1) is 6.92 Å². The summed E-state index contributed by atoms with van der Waals surface area (Å²) in [6.45, 7) is 7.51. The Balaban J connectivity index is 2.42. The minimum Gasteiger partial charge on any atom is -0.496 e. The molecular formula is C19H23NO5S. The van der Waals surface area contributed by atoms with E-state index in [0.29, 0.717) is 0 Å². The van der Waals surface area contributed by atoms with E-state index in [1.165, 1.54) is 14.0 Å². The van der Waals surface area contributed by atoms with E-state index in [0.717, 1.165) is 39.1 Å². The van der Waals surface area contributed by atoms with Crippen molar-refractivity contribution in [1.82, 2.24) is 4.90 Å². The van der Waals surface area contributed by atoms with E-state index in [2.05, 4.69) is 18.6 Å². The molecule has 0 N–H and O–H groups in total. The predicted molar refractivity (Wildman–Crippen MR) is 101 cm³/mol. The number of carbonyl (C=O) groups excluding carboxylic acids is 3. The molecule has 0 aromatic heterocycles. The first kappa shape index (κ1) is 20.0. The van der Waals surface area contributed by atoms with Crippen LogP contribution in [-0.4, -0.2) is 42.3 Å². The lowest BCUT2D eigenvalue weighted by Crippen LogP contribution is -2.42. The molecule has 2 rings (SSSR count). The van der Waals surface area contributed by atoms with E-state index in [-0.39, 0.29) is 10.8 Å². The number of hydrogen-bond acceptors (Lipinski definition) is 6. The molecule has 1 aromatic rings. The Bertz CT molecular complexity index is 784. The number of carbonyl (C=O) groups is 3. The Morgan fingerprint density at radius 2 is 1.85 bits per heavy atom. The number of benzene rings is 1. The van der Waals surface area contributed by atoms with Gasteiger partial charge in [-0.2, -0.15) is 0 Å². The van der Waals surface area contributed by atoms with Gasteiger partial charge >= 0.3 is 5.97 Å². The average molecular weight is 377 g/mol. The Morgan fingerprint density at radius 1 is 1.19 bits per heavy atom. The van der Waals surface area contributed by atoms with Crippen molar-refractivity contribution in [3.05, 3.63) is 33.7 Å². The molecule has 1 unspecified atom stereocenters. The topological polar surface area (TPSA) is 72.9 Å². The molecule has 140 valence electrons. The van der Waals surface area contributed by atoms with E-state index in [1.807, 2.05) is 19.1 Å². The van der Waals surface area contributed by atoms with Crippen LogP contribution in [0.4, 0.5) is 4.79 Å². The van der Waals surface area contributed by atoms with Gasteiger partial charge in [0.05, 0.1) is 19.1 Å². The molecule has 7 heteroatoms. The van der Waals surface area contributed by atoms with Crippen molar-refractivity contribution in [2.24, 2.45) is 0 Å². The number of amides is 2. The lowest BCUT2D eigenvalue weighted by molar-refractivity contribution is -0.148. The van der Waals surface area contributed by atoms with Crippen molar-refractivity contribution >= 4 is 35.0 Å². The van der Waals surface area contributed by atoms with Crippen molar-refractivity contribution in [3.63, 3.8) is 0 Å². The first-order chi connectivity index (χ1) is 12.2. The minimum atomic E-state index is -0.957. The average Bonchev–Trinajstić information content (AvgIpc) is 2.88. The fourth-order valence-electron chi connectivity index (χ4n) is 2.73. The summed E-state index contributed by atoms with van der Waals surface area (Å²) in [7, 11) is 2.85. The molecule has 0 bridgehead atoms. The highest BCUT2D eigenvalue weighted by Gasteiger charge is 2.41. The Hall–Kier alpha value is -2.28. The summed E-state index contributed by atoms with van der Waals surface area (Å²) in [6.07, 6.45) is 1.69. The molecule has 0 aliphatic carbocycles. The van der Waals surface area contributed by atoms with Crippen molar-refractivity contribution in [3.8, 4) is 5.75 Å². The maximum Gasteiger partial charge on any atom is 0.328 e. The first-order valence-corrected chi connectivity index (χ1v) is 9.06. The zero-order valence-electron chi connectivity index (χ0n) is 15.8. The van der Waals surface area contributed by atoms with Crippen LogP contribution in [0.1, 0.15) is 43.4 Å². The molecule has 1 aliphatic heterocycles. The summed E-state index contributed by atoms with van der Waals surface area (Å²) in [6, 6.07) is 2.93. The van der Waals surface area contributed by atoms with E-state index in [1.54, 1.807) is 13.2 Å². The summed E-state index contributed by atoms with van der Waals surface area (Å²) in [5.74, 6) is -0.0790. The van der Waals surface area contributed by atoms with Gasteiger partial charge in [-0.25, -0.2) is 4.79 Å². The molecule has 26 heavy (non-hydrogen) atoms. The molecule has 1 saturated heterocycles. The highest BCUT2D eigenvalue weighted by atomic mass is 32.2. The smallest absolute Gasteiger partial charge is 0.328 e. The van der Waals surface area contributed by atoms with Gasteiger partial charge < -0.3 is 9.47 Å². The van der Waals surface area contributed by atoms with Crippen LogP contribution < -0.4 is 4.74 Å². The van der Waals surface area contributed by atoms with Crippen LogP contribution in [0.5, 0.6) is 5.75 Å². The number of esters is 1. The molecule has 1 fully saturated rings. The third kappa shape index (κ3) is 3.77. The number of rotatable bonds is 5. The zero-order valence-corrected chi connectivity index (χ0v) is 16.6. The highest BCUT2D eigenvalue weighted by molar-refractivity contribution is 8.18. The van der Waals surface area contributed by atoms with Gasteiger partial charge in [-0.3, -0.25) is 14.5 Å². The number of thioether (sulfide) groups is 1. The standard InChI is InChI=1S/C19H23NO5S/c1-10(2)14-8-13(11(3)7-15(14)24-5)9-16-17(21)20(19(23)26-16)12(4)18(22)25-6/h7-10,12H,1-6H3/b16-9+. The number of ether oxygens (including phenoxy) is 2. The molecule has 0 radical (unpaired) electrons. The molecule has 1 heterocycles. The van der Waals surface area contributed by atoms with Gasteiger partial charge in [0.15, 0.2) is 0 Å². The monoisotopic (exact) mass is 377 g/mol. The fourth-order valence-corrected chi connectivity index (χ4v) is 3.63. The van der Waals surface area contributed by atoms with Gasteiger partial charge in [0.2, 0.25) is 0 Å². The predicted octanol–water partition coefficient (Wildman–Crippen LogP) is 3.72. The number of aryl methyl sites for hydroxylation is 1. The quantitative estimate of drug-likeness (QED) is 0.575. The van der Waals surface area contributed by atoms with Crippen molar-refractivity contribution in [2.75, 3.05) is 14.2 Å². The molecule has 1 aromatic carbocycles. The molecular weight excluding hydrogens is 354 g/mol. The van der Waals surface area contributed by atoms with Gasteiger partial charge in [0.25, 0.3) is 11.1 Å². The second-order valence-electron chi connectivity index (χ2n) is 6.36. The Labute approximate surface area is 157 Å². The maximum atomic E-state index is 12.6. The Kier molecular flexibility index (Phi) is 6.13. The number of hydrogen-bond donors (Lipinski definition) is 0. The lowest BCUT2D eigenvalue weighted by atomic mass is 9.96. The third-order valence-electron chi connectivity index (χ3n) is 4.28. The largest absolute Gasteiger partial charge is 0.496 e. The summed E-state index contributed by atoms with van der Waals surface area (Å²) in [4.78, 5) is 37.7. The van der Waals surface area contributed by atoms with Crippen LogP contribution >= 0.6 is 11.8 Å².